The van der Waals surface area contributed by atoms with Crippen molar-refractivity contribution in [2.75, 3.05) is 12.8 Å². The van der Waals surface area contributed by atoms with Crippen molar-refractivity contribution in [2.24, 2.45) is 0 Å². The minimum Gasteiger partial charge on any atom is -0.346 e. The zero-order chi connectivity index (χ0) is 18.2. The first-order valence-electron chi connectivity index (χ1n) is 7.97. The Labute approximate surface area is 150 Å². The number of amides is 1. The summed E-state index contributed by atoms with van der Waals surface area (Å²) in [4.78, 5) is 17.1. The monoisotopic (exact) mass is 383 g/mol. The highest BCUT2D eigenvalue weighted by molar-refractivity contribution is 7.88. The number of carbonyl (C=O) groups is 1. The van der Waals surface area contributed by atoms with E-state index in [2.05, 4.69) is 15.4 Å². The number of sulfonamides is 1. The molecule has 1 aliphatic heterocycles. The van der Waals surface area contributed by atoms with E-state index >= 15 is 0 Å². The fourth-order valence-corrected chi connectivity index (χ4v) is 4.52. The third kappa shape index (κ3) is 4.07. The lowest BCUT2D eigenvalue weighted by Gasteiger charge is -2.16. The summed E-state index contributed by atoms with van der Waals surface area (Å²) in [6.07, 6.45) is 1.94. The first-order chi connectivity index (χ1) is 11.7. The minimum absolute atomic E-state index is 0.163. The van der Waals surface area contributed by atoms with Crippen molar-refractivity contribution in [1.29, 1.82) is 0 Å². The van der Waals surface area contributed by atoms with E-state index < -0.39 is 10.0 Å². The van der Waals surface area contributed by atoms with E-state index in [1.165, 1.54) is 21.9 Å². The Balaban J connectivity index is 1.69. The molecule has 1 N–H and O–H groups in total. The number of aryl methyl sites for hydroxylation is 3. The number of fused-ring (bicyclic) bond motifs is 1. The van der Waals surface area contributed by atoms with Crippen molar-refractivity contribution in [3.05, 3.63) is 33.0 Å². The maximum atomic E-state index is 12.3. The zero-order valence-corrected chi connectivity index (χ0v) is 16.1. The predicted molar refractivity (Wildman–Crippen MR) is 94.9 cm³/mol. The number of carbonyl (C=O) groups excluding carboxylic acids is 1. The van der Waals surface area contributed by atoms with Gasteiger partial charge in [-0.15, -0.1) is 11.3 Å². The van der Waals surface area contributed by atoms with Gasteiger partial charge in [-0.2, -0.15) is 9.40 Å². The Kier molecular flexibility index (Phi) is 4.94. The van der Waals surface area contributed by atoms with Crippen LogP contribution in [-0.4, -0.2) is 46.2 Å². The van der Waals surface area contributed by atoms with Gasteiger partial charge in [-0.3, -0.25) is 9.48 Å². The summed E-state index contributed by atoms with van der Waals surface area (Å²) in [5.41, 5.74) is 2.29. The van der Waals surface area contributed by atoms with E-state index in [1.54, 1.807) is 0 Å². The average Bonchev–Trinajstić information content (AvgIpc) is 2.99. The predicted octanol–water partition coefficient (Wildman–Crippen LogP) is 1.05. The molecule has 1 amide bonds. The lowest BCUT2D eigenvalue weighted by Crippen LogP contribution is -2.29. The summed E-state index contributed by atoms with van der Waals surface area (Å²) in [5, 5.41) is 8.21. The number of nitrogens with zero attached hydrogens (tertiary/aromatic N) is 4. The first kappa shape index (κ1) is 18.0. The van der Waals surface area contributed by atoms with Crippen molar-refractivity contribution in [1.82, 2.24) is 24.4 Å². The van der Waals surface area contributed by atoms with Crippen molar-refractivity contribution < 1.29 is 13.2 Å². The molecule has 3 heterocycles. The fourth-order valence-electron chi connectivity index (χ4n) is 2.85. The molecule has 0 fully saturated rings. The first-order valence-corrected chi connectivity index (χ1v) is 10.6. The third-order valence-corrected chi connectivity index (χ3v) is 6.36. The van der Waals surface area contributed by atoms with Gasteiger partial charge in [0.2, 0.25) is 10.0 Å². The van der Waals surface area contributed by atoms with Gasteiger partial charge in [-0.05, 0) is 26.3 Å². The van der Waals surface area contributed by atoms with Gasteiger partial charge >= 0.3 is 0 Å². The molecule has 10 heteroatoms. The molecule has 0 bridgehead atoms. The van der Waals surface area contributed by atoms with Gasteiger partial charge in [0.1, 0.15) is 4.88 Å². The Hall–Kier alpha value is -1.78. The van der Waals surface area contributed by atoms with E-state index in [4.69, 9.17) is 0 Å². The summed E-state index contributed by atoms with van der Waals surface area (Å²) < 4.78 is 26.9. The normalized spacial score (nSPS) is 15.6. The summed E-state index contributed by atoms with van der Waals surface area (Å²) in [6, 6.07) is 1.86. The van der Waals surface area contributed by atoms with Gasteiger partial charge in [0.15, 0.2) is 0 Å². The molecule has 25 heavy (non-hydrogen) atoms. The highest BCUT2D eigenvalue weighted by atomic mass is 32.2. The van der Waals surface area contributed by atoms with Crippen LogP contribution in [0.2, 0.25) is 0 Å². The van der Waals surface area contributed by atoms with Crippen LogP contribution in [0.3, 0.4) is 0 Å². The molecule has 0 aromatic carbocycles. The molecule has 2 aromatic heterocycles. The molecule has 0 saturated heterocycles. The van der Waals surface area contributed by atoms with Crippen LogP contribution in [0.5, 0.6) is 0 Å². The van der Waals surface area contributed by atoms with E-state index in [9.17, 15) is 13.2 Å². The van der Waals surface area contributed by atoms with Gasteiger partial charge in [-0.25, -0.2) is 13.4 Å². The smallest absolute Gasteiger partial charge is 0.263 e. The average molecular weight is 383 g/mol. The molecule has 1 aliphatic rings. The molecule has 0 saturated carbocycles. The number of hydrogen-bond acceptors (Lipinski definition) is 6. The third-order valence-electron chi connectivity index (χ3n) is 4.04. The maximum Gasteiger partial charge on any atom is 0.263 e. The van der Waals surface area contributed by atoms with Crippen LogP contribution in [0.15, 0.2) is 6.07 Å². The largest absolute Gasteiger partial charge is 0.346 e. The topological polar surface area (TPSA) is 97.2 Å². The maximum absolute atomic E-state index is 12.3. The van der Waals surface area contributed by atoms with Gasteiger partial charge in [0.05, 0.1) is 41.4 Å². The van der Waals surface area contributed by atoms with Crippen molar-refractivity contribution in [3.8, 4) is 0 Å². The highest BCUT2D eigenvalue weighted by Gasteiger charge is 2.23. The number of rotatable bonds is 4. The van der Waals surface area contributed by atoms with Crippen molar-refractivity contribution in [3.63, 3.8) is 0 Å². The number of aromatic nitrogens is 3. The van der Waals surface area contributed by atoms with Crippen LogP contribution in [0.25, 0.3) is 0 Å². The van der Waals surface area contributed by atoms with Crippen LogP contribution in [-0.2, 0) is 29.7 Å². The summed E-state index contributed by atoms with van der Waals surface area (Å²) in [6.45, 7) is 5.47. The molecule has 0 spiro atoms. The summed E-state index contributed by atoms with van der Waals surface area (Å²) in [7, 11) is -3.23. The van der Waals surface area contributed by atoms with Gasteiger partial charge in [0, 0.05) is 13.1 Å². The molecule has 3 rings (SSSR count). The van der Waals surface area contributed by atoms with Gasteiger partial charge < -0.3 is 5.32 Å². The van der Waals surface area contributed by atoms with Gasteiger partial charge in [-0.1, -0.05) is 0 Å². The molecule has 2 aromatic rings. The standard InChI is InChI=1S/C15H21N5O3S2/c1-10-14(24-11(2)17-10)15(21)16-8-12-7-13-9-19(25(3,22)23)5-4-6-20(13)18-12/h7H,4-6,8-9H2,1-3H3,(H,16,21). The summed E-state index contributed by atoms with van der Waals surface area (Å²) >= 11 is 1.37. The second kappa shape index (κ2) is 6.85. The highest BCUT2D eigenvalue weighted by Crippen LogP contribution is 2.18. The van der Waals surface area contributed by atoms with Crippen molar-refractivity contribution >= 4 is 27.3 Å². The molecule has 0 radical (unpaired) electrons. The van der Waals surface area contributed by atoms with Crippen LogP contribution in [0.1, 0.15) is 38.2 Å². The zero-order valence-electron chi connectivity index (χ0n) is 14.4. The molecular weight excluding hydrogens is 362 g/mol. The number of hydrogen-bond donors (Lipinski definition) is 1. The molecule has 0 aliphatic carbocycles. The molecular formula is C15H21N5O3S2. The van der Waals surface area contributed by atoms with Crippen LogP contribution < -0.4 is 5.32 Å². The molecule has 8 nitrogen and oxygen atoms in total. The van der Waals surface area contributed by atoms with Crippen LogP contribution >= 0.6 is 11.3 Å². The summed E-state index contributed by atoms with van der Waals surface area (Å²) in [5.74, 6) is -0.163. The Morgan fingerprint density at radius 3 is 2.76 bits per heavy atom. The fraction of sp³-hybridized carbons (Fsp3) is 0.533. The van der Waals surface area contributed by atoms with Crippen LogP contribution in [0.4, 0.5) is 0 Å². The minimum atomic E-state index is -3.23. The van der Waals surface area contributed by atoms with E-state index in [-0.39, 0.29) is 5.91 Å². The van der Waals surface area contributed by atoms with E-state index in [0.29, 0.717) is 37.5 Å². The van der Waals surface area contributed by atoms with Crippen LogP contribution in [0, 0.1) is 13.8 Å². The number of thiazole rings is 1. The Morgan fingerprint density at radius 2 is 2.12 bits per heavy atom. The van der Waals surface area contributed by atoms with Gasteiger partial charge in [0.25, 0.3) is 5.91 Å². The van der Waals surface area contributed by atoms with E-state index in [0.717, 1.165) is 22.1 Å². The quantitative estimate of drug-likeness (QED) is 0.851. The molecule has 0 atom stereocenters. The second-order valence-electron chi connectivity index (χ2n) is 6.13. The molecule has 136 valence electrons. The lowest BCUT2D eigenvalue weighted by molar-refractivity contribution is 0.0953. The van der Waals surface area contributed by atoms with E-state index in [1.807, 2.05) is 24.6 Å². The SMILES string of the molecule is Cc1nc(C)c(C(=O)NCc2cc3n(n2)CCCN(S(C)(=O)=O)C3)s1. The Morgan fingerprint density at radius 1 is 1.36 bits per heavy atom. The number of nitrogens with one attached hydrogen (secondary N) is 1. The van der Waals surface area contributed by atoms with Crippen molar-refractivity contribution in [2.45, 2.75) is 39.9 Å². The second-order valence-corrected chi connectivity index (χ2v) is 9.32. The lowest BCUT2D eigenvalue weighted by atomic mass is 10.3. The molecule has 0 unspecified atom stereocenters. The Bertz CT molecular complexity index is 900.